The predicted molar refractivity (Wildman–Crippen MR) is 98.8 cm³/mol. The maximum atomic E-state index is 14.2. The monoisotopic (exact) mass is 393 g/mol. The third-order valence-corrected chi connectivity index (χ3v) is 5.95. The van der Waals surface area contributed by atoms with Crippen molar-refractivity contribution in [1.82, 2.24) is 4.98 Å². The van der Waals surface area contributed by atoms with Gasteiger partial charge in [0.15, 0.2) is 11.6 Å². The second kappa shape index (κ2) is 6.56. The highest BCUT2D eigenvalue weighted by Crippen LogP contribution is 2.42. The molecule has 0 saturated carbocycles. The lowest BCUT2D eigenvalue weighted by Crippen LogP contribution is -2.58. The Morgan fingerprint density at radius 1 is 1.11 bits per heavy atom. The Morgan fingerprint density at radius 2 is 1.70 bits per heavy atom. The number of ether oxygens (including phenoxy) is 1. The molecule has 1 aromatic heterocycles. The van der Waals surface area contributed by atoms with Crippen LogP contribution in [-0.4, -0.2) is 27.8 Å². The molecule has 1 aromatic carbocycles. The highest BCUT2D eigenvalue weighted by Gasteiger charge is 2.54. The van der Waals surface area contributed by atoms with Crippen molar-refractivity contribution in [3.05, 3.63) is 40.4 Å². The zero-order chi connectivity index (χ0) is 20.1. The van der Waals surface area contributed by atoms with Gasteiger partial charge in [-0.05, 0) is 46.2 Å². The van der Waals surface area contributed by atoms with Gasteiger partial charge < -0.3 is 4.74 Å². The van der Waals surface area contributed by atoms with Crippen LogP contribution >= 0.6 is 11.3 Å². The summed E-state index contributed by atoms with van der Waals surface area (Å²) in [7, 11) is 0. The summed E-state index contributed by atoms with van der Waals surface area (Å²) in [4.78, 5) is 31.1. The van der Waals surface area contributed by atoms with Crippen LogP contribution in [0.1, 0.15) is 51.1 Å². The third-order valence-electron chi connectivity index (χ3n) is 4.71. The SMILES string of the molecule is CCc1sc(-c2ccc(F)cc2F)nc1C1C(=O)C(C)(C)OC(C)(C)C1=O. The van der Waals surface area contributed by atoms with Crippen molar-refractivity contribution in [2.45, 2.75) is 58.2 Å². The number of halogens is 2. The van der Waals surface area contributed by atoms with E-state index in [-0.39, 0.29) is 17.1 Å². The average molecular weight is 393 g/mol. The Kier molecular flexibility index (Phi) is 4.80. The fraction of sp³-hybridized carbons (Fsp3) is 0.450. The number of benzene rings is 1. The van der Waals surface area contributed by atoms with Crippen molar-refractivity contribution in [2.75, 3.05) is 0 Å². The van der Waals surface area contributed by atoms with Crippen molar-refractivity contribution >= 4 is 22.9 Å². The van der Waals surface area contributed by atoms with Gasteiger partial charge >= 0.3 is 0 Å². The number of carbonyl (C=O) groups is 2. The molecule has 7 heteroatoms. The van der Waals surface area contributed by atoms with Gasteiger partial charge in [0, 0.05) is 16.5 Å². The Balaban J connectivity index is 2.15. The minimum atomic E-state index is -1.14. The summed E-state index contributed by atoms with van der Waals surface area (Å²) in [6.45, 7) is 8.42. The van der Waals surface area contributed by atoms with Crippen molar-refractivity contribution in [3.63, 3.8) is 0 Å². The summed E-state index contributed by atoms with van der Waals surface area (Å²) in [6.07, 6.45) is 0.536. The fourth-order valence-corrected chi connectivity index (χ4v) is 4.49. The van der Waals surface area contributed by atoms with Crippen LogP contribution in [0.2, 0.25) is 0 Å². The summed E-state index contributed by atoms with van der Waals surface area (Å²) in [5.41, 5.74) is -1.79. The van der Waals surface area contributed by atoms with E-state index in [9.17, 15) is 18.4 Å². The molecule has 0 aliphatic carbocycles. The number of rotatable bonds is 3. The minimum absolute atomic E-state index is 0.146. The van der Waals surface area contributed by atoms with Gasteiger partial charge in [-0.25, -0.2) is 13.8 Å². The van der Waals surface area contributed by atoms with Gasteiger partial charge in [0.1, 0.15) is 33.8 Å². The molecular formula is C20H21F2NO3S. The maximum Gasteiger partial charge on any atom is 0.180 e. The molecule has 2 aromatic rings. The number of aromatic nitrogens is 1. The molecule has 0 radical (unpaired) electrons. The molecule has 0 atom stereocenters. The van der Waals surface area contributed by atoms with Crippen molar-refractivity contribution in [3.8, 4) is 10.6 Å². The van der Waals surface area contributed by atoms with E-state index in [1.54, 1.807) is 27.7 Å². The zero-order valence-corrected chi connectivity index (χ0v) is 16.7. The van der Waals surface area contributed by atoms with Crippen LogP contribution in [0.25, 0.3) is 10.6 Å². The van der Waals surface area contributed by atoms with E-state index >= 15 is 0 Å². The molecular weight excluding hydrogens is 372 g/mol. The van der Waals surface area contributed by atoms with Gasteiger partial charge in [0.05, 0.1) is 5.69 Å². The Morgan fingerprint density at radius 3 is 2.22 bits per heavy atom. The molecule has 1 aliphatic heterocycles. The first-order valence-corrected chi connectivity index (χ1v) is 9.53. The van der Waals surface area contributed by atoms with Gasteiger partial charge in [-0.2, -0.15) is 0 Å². The number of carbonyl (C=O) groups excluding carboxylic acids is 2. The molecule has 4 nitrogen and oxygen atoms in total. The molecule has 0 bridgehead atoms. The number of Topliss-reactive ketones (excluding diaryl/α,β-unsaturated/α-hetero) is 2. The van der Waals surface area contributed by atoms with E-state index in [0.717, 1.165) is 17.0 Å². The molecule has 1 fully saturated rings. The highest BCUT2D eigenvalue weighted by atomic mass is 32.1. The molecule has 0 amide bonds. The number of hydrogen-bond acceptors (Lipinski definition) is 5. The first-order valence-electron chi connectivity index (χ1n) is 8.71. The van der Waals surface area contributed by atoms with E-state index in [2.05, 4.69) is 4.98 Å². The smallest absolute Gasteiger partial charge is 0.180 e. The van der Waals surface area contributed by atoms with Gasteiger partial charge in [-0.3, -0.25) is 9.59 Å². The van der Waals surface area contributed by atoms with Crippen molar-refractivity contribution in [1.29, 1.82) is 0 Å². The Labute approximate surface area is 160 Å². The van der Waals surface area contributed by atoms with E-state index in [0.29, 0.717) is 17.1 Å². The Bertz CT molecular complexity index is 907. The van der Waals surface area contributed by atoms with Gasteiger partial charge in [-0.1, -0.05) is 6.92 Å². The first kappa shape index (κ1) is 19.8. The lowest BCUT2D eigenvalue weighted by Gasteiger charge is -2.42. The topological polar surface area (TPSA) is 56.3 Å². The summed E-state index contributed by atoms with van der Waals surface area (Å²) in [5.74, 6) is -3.20. The van der Waals surface area contributed by atoms with E-state index in [4.69, 9.17) is 4.74 Å². The summed E-state index contributed by atoms with van der Waals surface area (Å²) >= 11 is 1.21. The molecule has 144 valence electrons. The molecule has 0 N–H and O–H groups in total. The number of thiazole rings is 1. The quantitative estimate of drug-likeness (QED) is 0.723. The molecule has 0 unspecified atom stereocenters. The average Bonchev–Trinajstić information content (AvgIpc) is 2.96. The lowest BCUT2D eigenvalue weighted by molar-refractivity contribution is -0.184. The van der Waals surface area contributed by atoms with Crippen molar-refractivity contribution in [2.24, 2.45) is 0 Å². The van der Waals surface area contributed by atoms with Crippen LogP contribution in [0.5, 0.6) is 0 Å². The van der Waals surface area contributed by atoms with Crippen LogP contribution in [0.15, 0.2) is 18.2 Å². The van der Waals surface area contributed by atoms with Gasteiger partial charge in [-0.15, -0.1) is 11.3 Å². The lowest BCUT2D eigenvalue weighted by atomic mass is 9.76. The van der Waals surface area contributed by atoms with E-state index in [1.165, 1.54) is 17.4 Å². The standard InChI is InChI=1S/C20H21F2NO3S/c1-6-13-15(14-16(24)19(2,3)26-20(4,5)17(14)25)23-18(27-13)11-8-7-10(21)9-12(11)22/h7-9,14H,6H2,1-5H3. The van der Waals surface area contributed by atoms with Crippen LogP contribution in [0, 0.1) is 11.6 Å². The highest BCUT2D eigenvalue weighted by molar-refractivity contribution is 7.15. The predicted octanol–water partition coefficient (Wildman–Crippen LogP) is 4.46. The van der Waals surface area contributed by atoms with Gasteiger partial charge in [0.25, 0.3) is 0 Å². The summed E-state index contributed by atoms with van der Waals surface area (Å²) in [6, 6.07) is 3.26. The van der Waals surface area contributed by atoms with Crippen LogP contribution in [-0.2, 0) is 20.7 Å². The maximum absolute atomic E-state index is 14.2. The first-order chi connectivity index (χ1) is 12.5. The largest absolute Gasteiger partial charge is 0.354 e. The molecule has 27 heavy (non-hydrogen) atoms. The molecule has 1 aliphatic rings. The number of ketones is 2. The molecule has 2 heterocycles. The normalized spacial score (nSPS) is 19.5. The fourth-order valence-electron chi connectivity index (χ4n) is 3.42. The molecule has 0 spiro atoms. The van der Waals surface area contributed by atoms with E-state index < -0.39 is 28.8 Å². The van der Waals surface area contributed by atoms with Crippen LogP contribution in [0.3, 0.4) is 0 Å². The second-order valence-electron chi connectivity index (χ2n) is 7.59. The molecule has 1 saturated heterocycles. The summed E-state index contributed by atoms with van der Waals surface area (Å²) < 4.78 is 33.1. The van der Waals surface area contributed by atoms with E-state index in [1.807, 2.05) is 6.92 Å². The van der Waals surface area contributed by atoms with Gasteiger partial charge in [0.2, 0.25) is 0 Å². The summed E-state index contributed by atoms with van der Waals surface area (Å²) in [5, 5.41) is 0.321. The molecule has 3 rings (SSSR count). The van der Waals surface area contributed by atoms with Crippen LogP contribution in [0.4, 0.5) is 8.78 Å². The van der Waals surface area contributed by atoms with Crippen molar-refractivity contribution < 1.29 is 23.1 Å². The zero-order valence-electron chi connectivity index (χ0n) is 15.9. The third kappa shape index (κ3) is 3.34. The second-order valence-corrected chi connectivity index (χ2v) is 8.67. The Hall–Kier alpha value is -1.99. The number of hydrogen-bond donors (Lipinski definition) is 0. The van der Waals surface area contributed by atoms with Crippen LogP contribution < -0.4 is 0 Å². The number of aryl methyl sites for hydroxylation is 1. The minimum Gasteiger partial charge on any atom is -0.354 e. The number of nitrogens with zero attached hydrogens (tertiary/aromatic N) is 1.